The molecule has 4 rings (SSSR count). The molecule has 3 heteroatoms. The van der Waals surface area contributed by atoms with Crippen molar-refractivity contribution in [2.45, 2.75) is 25.6 Å². The number of nitrogens with zero attached hydrogens (tertiary/aromatic N) is 2. The zero-order valence-corrected chi connectivity index (χ0v) is 10.9. The lowest BCUT2D eigenvalue weighted by Crippen LogP contribution is -2.66. The van der Waals surface area contributed by atoms with Gasteiger partial charge in [0.25, 0.3) is 0 Å². The van der Waals surface area contributed by atoms with Crippen LogP contribution < -0.4 is 0 Å². The molecule has 0 saturated carbocycles. The summed E-state index contributed by atoms with van der Waals surface area (Å²) >= 11 is 0. The van der Waals surface area contributed by atoms with Crippen molar-refractivity contribution in [2.24, 2.45) is 5.92 Å². The van der Waals surface area contributed by atoms with E-state index >= 15 is 0 Å². The fourth-order valence-electron chi connectivity index (χ4n) is 3.75. The quantitative estimate of drug-likeness (QED) is 0.743. The SMILES string of the molecule is N#C[B-](Cc1ccccc1)[N+]12CCC(CC1)CC2. The molecule has 2 bridgehead atoms. The first-order chi connectivity index (χ1) is 8.82. The highest BCUT2D eigenvalue weighted by Gasteiger charge is 2.39. The molecular formula is C15H20BN2. The van der Waals surface area contributed by atoms with Gasteiger partial charge in [-0.1, -0.05) is 35.9 Å². The number of rotatable bonds is 3. The van der Waals surface area contributed by atoms with Crippen molar-refractivity contribution in [3.05, 3.63) is 35.9 Å². The lowest BCUT2D eigenvalue weighted by molar-refractivity contribution is -0.845. The number of nitriles is 1. The van der Waals surface area contributed by atoms with Crippen molar-refractivity contribution in [3.63, 3.8) is 0 Å². The molecule has 3 aliphatic heterocycles. The van der Waals surface area contributed by atoms with Crippen molar-refractivity contribution in [2.75, 3.05) is 19.6 Å². The maximum atomic E-state index is 9.59. The summed E-state index contributed by atoms with van der Waals surface area (Å²) in [5, 5.41) is 9.59. The Labute approximate surface area is 110 Å². The molecule has 1 aromatic carbocycles. The molecule has 0 unspecified atom stereocenters. The first-order valence-electron chi connectivity index (χ1n) is 7.12. The molecule has 0 aromatic heterocycles. The Morgan fingerprint density at radius 1 is 1.11 bits per heavy atom. The molecule has 0 amide bonds. The van der Waals surface area contributed by atoms with Gasteiger partial charge in [-0.15, -0.1) is 12.3 Å². The zero-order chi connectivity index (χ0) is 12.4. The molecule has 3 fully saturated rings. The third kappa shape index (κ3) is 2.06. The summed E-state index contributed by atoms with van der Waals surface area (Å²) < 4.78 is 1.07. The zero-order valence-electron chi connectivity index (χ0n) is 10.9. The summed E-state index contributed by atoms with van der Waals surface area (Å²) in [5.74, 6) is 3.57. The first kappa shape index (κ1) is 11.8. The van der Waals surface area contributed by atoms with Crippen LogP contribution in [0.3, 0.4) is 0 Å². The summed E-state index contributed by atoms with van der Waals surface area (Å²) in [7, 11) is 0. The molecular weight excluding hydrogens is 219 g/mol. The molecule has 18 heavy (non-hydrogen) atoms. The van der Waals surface area contributed by atoms with Crippen LogP contribution in [-0.4, -0.2) is 30.9 Å². The second-order valence-electron chi connectivity index (χ2n) is 5.96. The van der Waals surface area contributed by atoms with E-state index in [9.17, 15) is 5.26 Å². The van der Waals surface area contributed by atoms with Gasteiger partial charge < -0.3 is 4.39 Å². The van der Waals surface area contributed by atoms with Gasteiger partial charge in [0, 0.05) is 19.6 Å². The molecule has 0 spiro atoms. The Morgan fingerprint density at radius 3 is 2.28 bits per heavy atom. The van der Waals surface area contributed by atoms with Crippen molar-refractivity contribution in [1.82, 2.24) is 0 Å². The van der Waals surface area contributed by atoms with E-state index in [0.29, 0.717) is 0 Å². The second-order valence-corrected chi connectivity index (χ2v) is 5.96. The van der Waals surface area contributed by atoms with E-state index in [0.717, 1.165) is 16.6 Å². The number of fused-ring (bicyclic) bond motifs is 3. The summed E-state index contributed by atoms with van der Waals surface area (Å²) in [4.78, 5) is 0. The standard InChI is InChI=1S/C15H20BN2/c17-13-16(12-15-4-2-1-3-5-15)18-9-6-14(7-10-18)8-11-18/h1-5,14H,6-12H2. The third-order valence-electron chi connectivity index (χ3n) is 5.03. The highest BCUT2D eigenvalue weighted by atomic mass is 15.3. The number of benzene rings is 1. The van der Waals surface area contributed by atoms with Gasteiger partial charge in [0.05, 0.1) is 0 Å². The average Bonchev–Trinajstić information content (AvgIpc) is 2.47. The van der Waals surface area contributed by atoms with Crippen LogP contribution >= 0.6 is 0 Å². The Morgan fingerprint density at radius 2 is 1.72 bits per heavy atom. The Bertz CT molecular complexity index is 430. The number of piperidine rings is 3. The van der Waals surface area contributed by atoms with Crippen molar-refractivity contribution in [3.8, 4) is 5.97 Å². The first-order valence-corrected chi connectivity index (χ1v) is 7.12. The van der Waals surface area contributed by atoms with Crippen LogP contribution in [0, 0.1) is 17.1 Å². The van der Waals surface area contributed by atoms with Crippen LogP contribution in [0.25, 0.3) is 0 Å². The lowest BCUT2D eigenvalue weighted by atomic mass is 9.52. The topological polar surface area (TPSA) is 23.8 Å². The van der Waals surface area contributed by atoms with E-state index in [-0.39, 0.29) is 6.85 Å². The Hall–Kier alpha value is -1.27. The molecule has 1 aromatic rings. The molecule has 3 aliphatic rings. The minimum atomic E-state index is 0.161. The van der Waals surface area contributed by atoms with Gasteiger partial charge >= 0.3 is 0 Å². The number of hydrogen-bond donors (Lipinski definition) is 0. The fraction of sp³-hybridized carbons (Fsp3) is 0.533. The fourth-order valence-corrected chi connectivity index (χ4v) is 3.75. The Balaban J connectivity index is 1.78. The van der Waals surface area contributed by atoms with Gasteiger partial charge in [-0.05, 0) is 25.2 Å². The molecule has 0 atom stereocenters. The average molecular weight is 239 g/mol. The van der Waals surface area contributed by atoms with Crippen molar-refractivity contribution >= 4 is 6.85 Å². The largest absolute Gasteiger partial charge is 0.524 e. The molecule has 2 nitrogen and oxygen atoms in total. The van der Waals surface area contributed by atoms with Crippen LogP contribution in [0.4, 0.5) is 0 Å². The molecule has 3 heterocycles. The highest BCUT2D eigenvalue weighted by Crippen LogP contribution is 2.35. The maximum Gasteiger partial charge on any atom is 0.248 e. The highest BCUT2D eigenvalue weighted by molar-refractivity contribution is 6.59. The van der Waals surface area contributed by atoms with Gasteiger partial charge in [0.15, 0.2) is 0 Å². The van der Waals surface area contributed by atoms with E-state index in [1.165, 1.54) is 44.5 Å². The smallest absolute Gasteiger partial charge is 0.248 e. The van der Waals surface area contributed by atoms with E-state index in [1.54, 1.807) is 0 Å². The molecule has 0 aliphatic carbocycles. The van der Waals surface area contributed by atoms with Crippen LogP contribution in [0.15, 0.2) is 30.3 Å². The van der Waals surface area contributed by atoms with Gasteiger partial charge in [-0.25, -0.2) is 5.26 Å². The van der Waals surface area contributed by atoms with Crippen LogP contribution in [-0.2, 0) is 6.32 Å². The summed E-state index contributed by atoms with van der Waals surface area (Å²) in [5.41, 5.74) is 1.31. The number of hydrogen-bond acceptors (Lipinski definition) is 1. The van der Waals surface area contributed by atoms with E-state index in [4.69, 9.17) is 0 Å². The van der Waals surface area contributed by atoms with Crippen LogP contribution in [0.2, 0.25) is 0 Å². The van der Waals surface area contributed by atoms with Gasteiger partial charge in [0.1, 0.15) is 0 Å². The number of quaternary nitrogens is 1. The molecule has 1 radical (unpaired) electrons. The van der Waals surface area contributed by atoms with Gasteiger partial charge in [-0.3, -0.25) is 0 Å². The van der Waals surface area contributed by atoms with Crippen LogP contribution in [0.5, 0.6) is 0 Å². The molecule has 0 N–H and O–H groups in total. The van der Waals surface area contributed by atoms with Crippen molar-refractivity contribution in [1.29, 1.82) is 5.26 Å². The molecule has 3 saturated heterocycles. The molecule has 93 valence electrons. The van der Waals surface area contributed by atoms with E-state index in [2.05, 4.69) is 30.2 Å². The second kappa shape index (κ2) is 4.78. The van der Waals surface area contributed by atoms with Gasteiger partial charge in [0.2, 0.25) is 6.85 Å². The normalized spacial score (nSPS) is 30.3. The lowest BCUT2D eigenvalue weighted by Gasteiger charge is -2.60. The predicted molar refractivity (Wildman–Crippen MR) is 73.7 cm³/mol. The Kier molecular flexibility index (Phi) is 3.13. The third-order valence-corrected chi connectivity index (χ3v) is 5.03. The predicted octanol–water partition coefficient (Wildman–Crippen LogP) is 2.45. The summed E-state index contributed by atoms with van der Waals surface area (Å²) in [6, 6.07) is 10.5. The summed E-state index contributed by atoms with van der Waals surface area (Å²) in [6.07, 6.45) is 4.94. The maximum absolute atomic E-state index is 9.59. The minimum absolute atomic E-state index is 0.161. The van der Waals surface area contributed by atoms with Gasteiger partial charge in [-0.2, -0.15) is 0 Å². The van der Waals surface area contributed by atoms with E-state index < -0.39 is 0 Å². The minimum Gasteiger partial charge on any atom is -0.524 e. The van der Waals surface area contributed by atoms with Crippen molar-refractivity contribution < 1.29 is 4.39 Å². The monoisotopic (exact) mass is 239 g/mol. The summed E-state index contributed by atoms with van der Waals surface area (Å²) in [6.45, 7) is 3.86. The van der Waals surface area contributed by atoms with Crippen LogP contribution in [0.1, 0.15) is 24.8 Å². The van der Waals surface area contributed by atoms with E-state index in [1.807, 2.05) is 6.07 Å².